The van der Waals surface area contributed by atoms with Crippen LogP contribution in [-0.2, 0) is 6.42 Å². The fourth-order valence-electron chi connectivity index (χ4n) is 1.72. The number of nitrogens with zero attached hydrogens (tertiary/aromatic N) is 1. The standard InChI is InChI=1S/C13H19N3/c1-3-4-10(2)16-12-5-6-13(15)11(9-12)7-8-14/h5-6,9-10,16H,3-4,7,15H2,1-2H3. The van der Waals surface area contributed by atoms with Crippen molar-refractivity contribution in [2.45, 2.75) is 39.2 Å². The van der Waals surface area contributed by atoms with Crippen LogP contribution >= 0.6 is 0 Å². The van der Waals surface area contributed by atoms with Gasteiger partial charge in [0.1, 0.15) is 0 Å². The SMILES string of the molecule is CCCC(C)Nc1ccc(N)c(CC#N)c1. The third kappa shape index (κ3) is 3.47. The molecule has 0 aliphatic carbocycles. The molecular weight excluding hydrogens is 198 g/mol. The van der Waals surface area contributed by atoms with E-state index in [9.17, 15) is 0 Å². The van der Waals surface area contributed by atoms with Gasteiger partial charge in [-0.1, -0.05) is 13.3 Å². The van der Waals surface area contributed by atoms with Crippen LogP contribution in [0.2, 0.25) is 0 Å². The minimum atomic E-state index is 0.365. The quantitative estimate of drug-likeness (QED) is 0.745. The molecule has 0 heterocycles. The molecule has 1 atom stereocenters. The predicted octanol–water partition coefficient (Wildman–Crippen LogP) is 2.94. The first-order valence-electron chi connectivity index (χ1n) is 5.69. The van der Waals surface area contributed by atoms with Crippen LogP contribution in [0.3, 0.4) is 0 Å². The highest BCUT2D eigenvalue weighted by atomic mass is 14.9. The molecule has 1 rings (SSSR count). The molecule has 0 aliphatic heterocycles. The van der Waals surface area contributed by atoms with Crippen LogP contribution in [0.1, 0.15) is 32.3 Å². The van der Waals surface area contributed by atoms with Crippen molar-refractivity contribution in [1.82, 2.24) is 0 Å². The van der Waals surface area contributed by atoms with Crippen molar-refractivity contribution in [3.63, 3.8) is 0 Å². The summed E-state index contributed by atoms with van der Waals surface area (Å²) in [7, 11) is 0. The monoisotopic (exact) mass is 217 g/mol. The van der Waals surface area contributed by atoms with Crippen molar-refractivity contribution in [2.24, 2.45) is 0 Å². The Kier molecular flexibility index (Phi) is 4.65. The highest BCUT2D eigenvalue weighted by molar-refractivity contribution is 5.58. The van der Waals surface area contributed by atoms with E-state index in [1.54, 1.807) is 0 Å². The molecule has 0 bridgehead atoms. The average molecular weight is 217 g/mol. The fraction of sp³-hybridized carbons (Fsp3) is 0.462. The van der Waals surface area contributed by atoms with Crippen LogP contribution in [-0.4, -0.2) is 6.04 Å². The lowest BCUT2D eigenvalue weighted by molar-refractivity contribution is 0.690. The van der Waals surface area contributed by atoms with Crippen LogP contribution in [0, 0.1) is 11.3 Å². The van der Waals surface area contributed by atoms with Crippen molar-refractivity contribution < 1.29 is 0 Å². The number of nitrogens with one attached hydrogen (secondary N) is 1. The molecule has 16 heavy (non-hydrogen) atoms. The molecule has 86 valence electrons. The van der Waals surface area contributed by atoms with Crippen molar-refractivity contribution in [1.29, 1.82) is 5.26 Å². The summed E-state index contributed by atoms with van der Waals surface area (Å²) < 4.78 is 0. The zero-order chi connectivity index (χ0) is 12.0. The van der Waals surface area contributed by atoms with Gasteiger partial charge in [-0.2, -0.15) is 5.26 Å². The zero-order valence-electron chi connectivity index (χ0n) is 9.96. The van der Waals surface area contributed by atoms with Crippen LogP contribution < -0.4 is 11.1 Å². The highest BCUT2D eigenvalue weighted by Crippen LogP contribution is 2.19. The van der Waals surface area contributed by atoms with Gasteiger partial charge < -0.3 is 11.1 Å². The van der Waals surface area contributed by atoms with Crippen molar-refractivity contribution in [3.8, 4) is 6.07 Å². The van der Waals surface area contributed by atoms with E-state index in [0.717, 1.165) is 24.1 Å². The average Bonchev–Trinajstić information content (AvgIpc) is 2.24. The maximum Gasteiger partial charge on any atom is 0.0670 e. The Morgan fingerprint density at radius 1 is 1.50 bits per heavy atom. The minimum Gasteiger partial charge on any atom is -0.398 e. The molecule has 0 radical (unpaired) electrons. The van der Waals surface area contributed by atoms with Crippen molar-refractivity contribution in [2.75, 3.05) is 11.1 Å². The molecule has 0 spiro atoms. The second-order valence-electron chi connectivity index (χ2n) is 4.08. The van der Waals surface area contributed by atoms with E-state index >= 15 is 0 Å². The minimum absolute atomic E-state index is 0.365. The Hall–Kier alpha value is -1.69. The van der Waals surface area contributed by atoms with Crippen LogP contribution in [0.4, 0.5) is 11.4 Å². The summed E-state index contributed by atoms with van der Waals surface area (Å²) in [5.41, 5.74) is 8.42. The van der Waals surface area contributed by atoms with Gasteiger partial charge in [0.25, 0.3) is 0 Å². The molecule has 1 aromatic carbocycles. The number of hydrogen-bond acceptors (Lipinski definition) is 3. The van der Waals surface area contributed by atoms with Gasteiger partial charge in [0.15, 0.2) is 0 Å². The first-order valence-corrected chi connectivity index (χ1v) is 5.69. The molecule has 0 aliphatic rings. The molecule has 3 heteroatoms. The number of nitrogen functional groups attached to an aromatic ring is 1. The first kappa shape index (κ1) is 12.4. The summed E-state index contributed by atoms with van der Waals surface area (Å²) in [6.07, 6.45) is 2.66. The second kappa shape index (κ2) is 6.02. The lowest BCUT2D eigenvalue weighted by Gasteiger charge is -2.15. The molecule has 1 aromatic rings. The lowest BCUT2D eigenvalue weighted by Crippen LogP contribution is -2.14. The van der Waals surface area contributed by atoms with E-state index in [-0.39, 0.29) is 0 Å². The Labute approximate surface area is 97.3 Å². The normalized spacial score (nSPS) is 11.8. The number of benzene rings is 1. The molecule has 3 N–H and O–H groups in total. The van der Waals surface area contributed by atoms with Crippen LogP contribution in [0.15, 0.2) is 18.2 Å². The van der Waals surface area contributed by atoms with E-state index in [0.29, 0.717) is 18.2 Å². The van der Waals surface area contributed by atoms with Crippen molar-refractivity contribution >= 4 is 11.4 Å². The molecular formula is C13H19N3. The highest BCUT2D eigenvalue weighted by Gasteiger charge is 2.03. The molecule has 0 fully saturated rings. The van der Waals surface area contributed by atoms with Gasteiger partial charge in [-0.25, -0.2) is 0 Å². The molecule has 0 amide bonds. The largest absolute Gasteiger partial charge is 0.398 e. The van der Waals surface area contributed by atoms with E-state index in [1.165, 1.54) is 0 Å². The lowest BCUT2D eigenvalue weighted by atomic mass is 10.1. The number of nitriles is 1. The maximum atomic E-state index is 8.68. The molecule has 0 saturated carbocycles. The van der Waals surface area contributed by atoms with Crippen LogP contribution in [0.25, 0.3) is 0 Å². The number of rotatable bonds is 5. The van der Waals surface area contributed by atoms with E-state index < -0.39 is 0 Å². The summed E-state index contributed by atoms with van der Waals surface area (Å²) in [5.74, 6) is 0. The van der Waals surface area contributed by atoms with Crippen LogP contribution in [0.5, 0.6) is 0 Å². The first-order chi connectivity index (χ1) is 7.67. The Morgan fingerprint density at radius 3 is 2.88 bits per heavy atom. The third-order valence-electron chi connectivity index (χ3n) is 2.55. The summed E-state index contributed by atoms with van der Waals surface area (Å²) in [5, 5.41) is 12.1. The molecule has 0 aromatic heterocycles. The Bertz CT molecular complexity index is 379. The van der Waals surface area contributed by atoms with Gasteiger partial charge in [0.2, 0.25) is 0 Å². The number of hydrogen-bond donors (Lipinski definition) is 2. The fourth-order valence-corrected chi connectivity index (χ4v) is 1.72. The topological polar surface area (TPSA) is 61.8 Å². The van der Waals surface area contributed by atoms with Gasteiger partial charge in [-0.15, -0.1) is 0 Å². The zero-order valence-corrected chi connectivity index (χ0v) is 9.96. The van der Waals surface area contributed by atoms with Gasteiger partial charge in [0.05, 0.1) is 12.5 Å². The third-order valence-corrected chi connectivity index (χ3v) is 2.55. The van der Waals surface area contributed by atoms with E-state index in [2.05, 4.69) is 25.2 Å². The van der Waals surface area contributed by atoms with E-state index in [4.69, 9.17) is 11.0 Å². The summed E-state index contributed by atoms with van der Waals surface area (Å²) >= 11 is 0. The summed E-state index contributed by atoms with van der Waals surface area (Å²) in [4.78, 5) is 0. The Morgan fingerprint density at radius 2 is 2.25 bits per heavy atom. The maximum absolute atomic E-state index is 8.68. The van der Waals surface area contributed by atoms with Gasteiger partial charge in [-0.3, -0.25) is 0 Å². The van der Waals surface area contributed by atoms with Gasteiger partial charge in [-0.05, 0) is 37.1 Å². The summed E-state index contributed by atoms with van der Waals surface area (Å²) in [6, 6.07) is 8.35. The molecule has 1 unspecified atom stereocenters. The number of nitrogens with two attached hydrogens (primary N) is 1. The number of anilines is 2. The smallest absolute Gasteiger partial charge is 0.0670 e. The summed E-state index contributed by atoms with van der Waals surface area (Å²) in [6.45, 7) is 4.33. The molecule has 0 saturated heterocycles. The van der Waals surface area contributed by atoms with Gasteiger partial charge >= 0.3 is 0 Å². The Balaban J connectivity index is 2.75. The van der Waals surface area contributed by atoms with E-state index in [1.807, 2.05) is 18.2 Å². The molecule has 3 nitrogen and oxygen atoms in total. The predicted molar refractivity (Wildman–Crippen MR) is 68.2 cm³/mol. The van der Waals surface area contributed by atoms with Gasteiger partial charge in [0, 0.05) is 17.4 Å². The van der Waals surface area contributed by atoms with Crippen molar-refractivity contribution in [3.05, 3.63) is 23.8 Å². The second-order valence-corrected chi connectivity index (χ2v) is 4.08.